The lowest BCUT2D eigenvalue weighted by Gasteiger charge is -2.18. The lowest BCUT2D eigenvalue weighted by atomic mass is 10.2. The highest BCUT2D eigenvalue weighted by atomic mass is 16.5. The maximum absolute atomic E-state index is 11.1. The van der Waals surface area contributed by atoms with Gasteiger partial charge in [0.15, 0.2) is 0 Å². The first-order valence-corrected chi connectivity index (χ1v) is 6.49. The molecule has 1 aromatic carbocycles. The third kappa shape index (κ3) is 3.35. The first-order valence-electron chi connectivity index (χ1n) is 6.49. The monoisotopic (exact) mass is 261 g/mol. The van der Waals surface area contributed by atoms with Crippen LogP contribution in [0.3, 0.4) is 0 Å². The molecule has 0 radical (unpaired) electrons. The number of benzene rings is 1. The molecule has 1 fully saturated rings. The number of nitrogens with zero attached hydrogens (tertiary/aromatic N) is 1. The molecule has 1 saturated heterocycles. The minimum Gasteiger partial charge on any atom is -0.496 e. The molecule has 1 heterocycles. The number of hydrogen-bond donors (Lipinski definition) is 1. The van der Waals surface area contributed by atoms with E-state index in [1.54, 1.807) is 7.11 Å². The van der Waals surface area contributed by atoms with E-state index in [4.69, 9.17) is 9.84 Å². The topological polar surface area (TPSA) is 49.8 Å². The Bertz CT molecular complexity index is 470. The summed E-state index contributed by atoms with van der Waals surface area (Å²) in [6.07, 6.45) is 5.69. The number of ether oxygens (including phenoxy) is 1. The van der Waals surface area contributed by atoms with E-state index in [-0.39, 0.29) is 6.04 Å². The van der Waals surface area contributed by atoms with Crippen molar-refractivity contribution in [3.63, 3.8) is 0 Å². The number of hydrogen-bond acceptors (Lipinski definition) is 3. The van der Waals surface area contributed by atoms with Crippen LogP contribution in [-0.2, 0) is 4.79 Å². The molecule has 1 aliphatic heterocycles. The summed E-state index contributed by atoms with van der Waals surface area (Å²) in [5.41, 5.74) is 1.01. The van der Waals surface area contributed by atoms with Crippen LogP contribution in [0.4, 0.5) is 0 Å². The van der Waals surface area contributed by atoms with Gasteiger partial charge in [0.2, 0.25) is 0 Å². The van der Waals surface area contributed by atoms with Crippen LogP contribution >= 0.6 is 0 Å². The summed E-state index contributed by atoms with van der Waals surface area (Å²) in [7, 11) is 1.65. The Morgan fingerprint density at radius 3 is 3.05 bits per heavy atom. The van der Waals surface area contributed by atoms with Crippen LogP contribution in [-0.4, -0.2) is 42.2 Å². The van der Waals surface area contributed by atoms with Crippen LogP contribution in [0.25, 0.3) is 6.08 Å². The van der Waals surface area contributed by atoms with E-state index in [9.17, 15) is 4.79 Å². The second-order valence-corrected chi connectivity index (χ2v) is 4.64. The van der Waals surface area contributed by atoms with Crippen LogP contribution in [0.15, 0.2) is 30.3 Å². The largest absolute Gasteiger partial charge is 0.496 e. The predicted molar refractivity (Wildman–Crippen MR) is 74.3 cm³/mol. The average Bonchev–Trinajstić information content (AvgIpc) is 2.88. The second kappa shape index (κ2) is 6.38. The van der Waals surface area contributed by atoms with Gasteiger partial charge in [-0.25, -0.2) is 0 Å². The average molecular weight is 261 g/mol. The molecular weight excluding hydrogens is 242 g/mol. The number of carbonyl (C=O) groups is 1. The fourth-order valence-electron chi connectivity index (χ4n) is 2.44. The Hall–Kier alpha value is -1.81. The molecule has 2 rings (SSSR count). The molecule has 0 saturated carbocycles. The summed E-state index contributed by atoms with van der Waals surface area (Å²) >= 11 is 0. The third-order valence-corrected chi connectivity index (χ3v) is 3.42. The van der Waals surface area contributed by atoms with Crippen molar-refractivity contribution in [1.29, 1.82) is 0 Å². The third-order valence-electron chi connectivity index (χ3n) is 3.42. The van der Waals surface area contributed by atoms with E-state index in [0.717, 1.165) is 30.7 Å². The molecule has 0 aromatic heterocycles. The number of aliphatic carboxylic acids is 1. The SMILES string of the molecule is COc1ccccc1/C=C/CN1CCC[C@@H]1C(=O)O. The summed E-state index contributed by atoms with van der Waals surface area (Å²) in [6.45, 7) is 1.52. The number of likely N-dealkylation sites (tertiary alicyclic amines) is 1. The number of methoxy groups -OCH3 is 1. The second-order valence-electron chi connectivity index (χ2n) is 4.64. The van der Waals surface area contributed by atoms with Gasteiger partial charge in [-0.3, -0.25) is 9.69 Å². The van der Waals surface area contributed by atoms with E-state index in [2.05, 4.69) is 0 Å². The molecule has 19 heavy (non-hydrogen) atoms. The van der Waals surface area contributed by atoms with Crippen molar-refractivity contribution < 1.29 is 14.6 Å². The standard InChI is InChI=1S/C15H19NO3/c1-19-14-9-3-2-6-12(14)7-4-10-16-11-5-8-13(16)15(17)18/h2-4,6-7,9,13H,5,8,10-11H2,1H3,(H,17,18)/b7-4+/t13-/m1/s1. The van der Waals surface area contributed by atoms with Crippen molar-refractivity contribution in [3.05, 3.63) is 35.9 Å². The number of carboxylic acid groups (broad SMARTS) is 1. The maximum atomic E-state index is 11.1. The molecule has 0 bridgehead atoms. The minimum atomic E-state index is -0.719. The van der Waals surface area contributed by atoms with Crippen molar-refractivity contribution in [2.24, 2.45) is 0 Å². The molecule has 1 atom stereocenters. The number of carboxylic acids is 1. The van der Waals surface area contributed by atoms with Gasteiger partial charge in [-0.05, 0) is 25.5 Å². The van der Waals surface area contributed by atoms with Crippen LogP contribution in [0.5, 0.6) is 5.75 Å². The normalized spacial score (nSPS) is 19.9. The Morgan fingerprint density at radius 2 is 2.32 bits per heavy atom. The minimum absolute atomic E-state index is 0.331. The van der Waals surface area contributed by atoms with Crippen molar-refractivity contribution in [2.45, 2.75) is 18.9 Å². The Balaban J connectivity index is 1.98. The van der Waals surface area contributed by atoms with Crippen LogP contribution in [0.1, 0.15) is 18.4 Å². The smallest absolute Gasteiger partial charge is 0.320 e. The van der Waals surface area contributed by atoms with Crippen molar-refractivity contribution in [2.75, 3.05) is 20.2 Å². The Morgan fingerprint density at radius 1 is 1.53 bits per heavy atom. The highest BCUT2D eigenvalue weighted by Crippen LogP contribution is 2.20. The van der Waals surface area contributed by atoms with E-state index >= 15 is 0 Å². The van der Waals surface area contributed by atoms with Crippen LogP contribution in [0, 0.1) is 0 Å². The molecule has 0 amide bonds. The molecular formula is C15H19NO3. The Kier molecular flexibility index (Phi) is 4.58. The molecule has 4 nitrogen and oxygen atoms in total. The van der Waals surface area contributed by atoms with E-state index in [0.29, 0.717) is 6.54 Å². The van der Waals surface area contributed by atoms with Gasteiger partial charge in [-0.1, -0.05) is 30.4 Å². The lowest BCUT2D eigenvalue weighted by molar-refractivity contribution is -0.141. The van der Waals surface area contributed by atoms with Crippen molar-refractivity contribution >= 4 is 12.0 Å². The van der Waals surface area contributed by atoms with Gasteiger partial charge in [0, 0.05) is 12.1 Å². The summed E-state index contributed by atoms with van der Waals surface area (Å²) in [5, 5.41) is 9.10. The van der Waals surface area contributed by atoms with Gasteiger partial charge in [0.05, 0.1) is 7.11 Å². The number of para-hydroxylation sites is 1. The van der Waals surface area contributed by atoms with Crippen molar-refractivity contribution in [3.8, 4) is 5.75 Å². The molecule has 102 valence electrons. The van der Waals surface area contributed by atoms with Gasteiger partial charge in [0.25, 0.3) is 0 Å². The summed E-state index contributed by atoms with van der Waals surface area (Å²) in [5.74, 6) is 0.109. The Labute approximate surface area is 113 Å². The van der Waals surface area contributed by atoms with E-state index < -0.39 is 5.97 Å². The molecule has 1 N–H and O–H groups in total. The fourth-order valence-corrected chi connectivity index (χ4v) is 2.44. The maximum Gasteiger partial charge on any atom is 0.320 e. The van der Waals surface area contributed by atoms with Gasteiger partial charge in [-0.2, -0.15) is 0 Å². The van der Waals surface area contributed by atoms with Gasteiger partial charge in [-0.15, -0.1) is 0 Å². The lowest BCUT2D eigenvalue weighted by Crippen LogP contribution is -2.35. The first kappa shape index (κ1) is 13.6. The summed E-state index contributed by atoms with van der Waals surface area (Å²) in [6, 6.07) is 7.45. The van der Waals surface area contributed by atoms with Gasteiger partial charge in [0.1, 0.15) is 11.8 Å². The zero-order chi connectivity index (χ0) is 13.7. The molecule has 1 aliphatic rings. The first-order chi connectivity index (χ1) is 9.22. The van der Waals surface area contributed by atoms with E-state index in [1.165, 1.54) is 0 Å². The van der Waals surface area contributed by atoms with E-state index in [1.807, 2.05) is 41.3 Å². The molecule has 0 unspecified atom stereocenters. The zero-order valence-corrected chi connectivity index (χ0v) is 11.1. The summed E-state index contributed by atoms with van der Waals surface area (Å²) in [4.78, 5) is 13.1. The van der Waals surface area contributed by atoms with Crippen LogP contribution < -0.4 is 4.74 Å². The molecule has 1 aromatic rings. The highest BCUT2D eigenvalue weighted by molar-refractivity contribution is 5.73. The highest BCUT2D eigenvalue weighted by Gasteiger charge is 2.29. The molecule has 0 spiro atoms. The van der Waals surface area contributed by atoms with Gasteiger partial charge < -0.3 is 9.84 Å². The van der Waals surface area contributed by atoms with Crippen molar-refractivity contribution in [1.82, 2.24) is 4.90 Å². The zero-order valence-electron chi connectivity index (χ0n) is 11.1. The van der Waals surface area contributed by atoms with Crippen LogP contribution in [0.2, 0.25) is 0 Å². The van der Waals surface area contributed by atoms with Gasteiger partial charge >= 0.3 is 5.97 Å². The molecule has 0 aliphatic carbocycles. The summed E-state index contributed by atoms with van der Waals surface area (Å²) < 4.78 is 5.27. The number of rotatable bonds is 5. The molecule has 4 heteroatoms. The predicted octanol–water partition coefficient (Wildman–Crippen LogP) is 2.26. The quantitative estimate of drug-likeness (QED) is 0.883. The fraction of sp³-hybridized carbons (Fsp3) is 0.400.